The third-order valence-corrected chi connectivity index (χ3v) is 5.30. The normalized spacial score (nSPS) is 10.7. The van der Waals surface area contributed by atoms with Gasteiger partial charge in [0.05, 0.1) is 24.1 Å². The first-order chi connectivity index (χ1) is 16.4. The molecule has 6 heteroatoms. The van der Waals surface area contributed by atoms with Crippen LogP contribution in [0.3, 0.4) is 0 Å². The Morgan fingerprint density at radius 2 is 1.50 bits per heavy atom. The van der Waals surface area contributed by atoms with E-state index in [1.165, 1.54) is 24.4 Å². The second-order valence-corrected chi connectivity index (χ2v) is 7.83. The van der Waals surface area contributed by atoms with E-state index in [0.29, 0.717) is 34.4 Å². The number of fused-ring (bicyclic) bond motifs is 1. The fourth-order valence-electron chi connectivity index (χ4n) is 3.47. The van der Waals surface area contributed by atoms with Gasteiger partial charge in [0.1, 0.15) is 17.4 Å². The van der Waals surface area contributed by atoms with Crippen molar-refractivity contribution in [3.63, 3.8) is 0 Å². The van der Waals surface area contributed by atoms with Gasteiger partial charge in [-0.05, 0) is 65.7 Å². The van der Waals surface area contributed by atoms with Crippen LogP contribution in [0.25, 0.3) is 22.0 Å². The van der Waals surface area contributed by atoms with Crippen LogP contribution in [0.1, 0.15) is 37.3 Å². The fraction of sp³-hybridized carbons (Fsp3) is 0.179. The number of pyridine rings is 1. The Balaban J connectivity index is 1.54. The van der Waals surface area contributed by atoms with Gasteiger partial charge in [0, 0.05) is 11.1 Å². The van der Waals surface area contributed by atoms with E-state index in [0.717, 1.165) is 31.4 Å². The molecule has 0 aliphatic rings. The second kappa shape index (κ2) is 10.4. The number of nitrogens with zero attached hydrogens (tertiary/aromatic N) is 1. The largest absolute Gasteiger partial charge is 0.492 e. The summed E-state index contributed by atoms with van der Waals surface area (Å²) in [5.41, 5.74) is 0.714. The first-order valence-electron chi connectivity index (χ1n) is 10.9. The van der Waals surface area contributed by atoms with E-state index < -0.39 is 23.3 Å². The van der Waals surface area contributed by atoms with Crippen LogP contribution in [-0.4, -0.2) is 11.6 Å². The Kier molecular flexibility index (Phi) is 7.12. The zero-order valence-electron chi connectivity index (χ0n) is 18.5. The van der Waals surface area contributed by atoms with Crippen LogP contribution >= 0.6 is 0 Å². The lowest BCUT2D eigenvalue weighted by atomic mass is 10.0. The molecule has 0 saturated carbocycles. The molecule has 0 aliphatic heterocycles. The molecule has 4 aromatic rings. The summed E-state index contributed by atoms with van der Waals surface area (Å²) in [5, 5.41) is 0.932. The number of unbranched alkanes of at least 4 members (excludes halogenated alkanes) is 2. The minimum atomic E-state index is -0.977. The van der Waals surface area contributed by atoms with E-state index in [4.69, 9.17) is 4.74 Å². The van der Waals surface area contributed by atoms with Crippen LogP contribution in [0, 0.1) is 35.1 Å². The average molecular weight is 463 g/mol. The van der Waals surface area contributed by atoms with Gasteiger partial charge in [0.2, 0.25) is 0 Å². The minimum absolute atomic E-state index is 0.279. The Morgan fingerprint density at radius 3 is 2.18 bits per heavy atom. The number of benzene rings is 3. The summed E-state index contributed by atoms with van der Waals surface area (Å²) in [6, 6.07) is 12.5. The predicted molar refractivity (Wildman–Crippen MR) is 124 cm³/mol. The van der Waals surface area contributed by atoms with Crippen molar-refractivity contribution in [1.29, 1.82) is 0 Å². The maximum absolute atomic E-state index is 14.7. The topological polar surface area (TPSA) is 22.1 Å². The van der Waals surface area contributed by atoms with E-state index in [1.54, 1.807) is 24.3 Å². The quantitative estimate of drug-likeness (QED) is 0.169. The highest BCUT2D eigenvalue weighted by Crippen LogP contribution is 2.25. The summed E-state index contributed by atoms with van der Waals surface area (Å²) in [5.74, 6) is 2.22. The van der Waals surface area contributed by atoms with E-state index in [2.05, 4.69) is 23.7 Å². The summed E-state index contributed by atoms with van der Waals surface area (Å²) >= 11 is 0. The Morgan fingerprint density at radius 1 is 0.765 bits per heavy atom. The molecule has 1 heterocycles. The van der Waals surface area contributed by atoms with Crippen LogP contribution < -0.4 is 4.74 Å². The average Bonchev–Trinajstić information content (AvgIpc) is 2.82. The minimum Gasteiger partial charge on any atom is -0.492 e. The molecule has 4 rings (SSSR count). The summed E-state index contributed by atoms with van der Waals surface area (Å²) in [7, 11) is 0. The fourth-order valence-corrected chi connectivity index (χ4v) is 3.47. The maximum Gasteiger partial charge on any atom is 0.159 e. The van der Waals surface area contributed by atoms with Crippen LogP contribution in [-0.2, 0) is 0 Å². The molecule has 34 heavy (non-hydrogen) atoms. The molecule has 0 unspecified atom stereocenters. The third-order valence-electron chi connectivity index (χ3n) is 5.30. The number of halogens is 4. The Hall–Kier alpha value is -3.85. The molecule has 172 valence electrons. The van der Waals surface area contributed by atoms with Crippen molar-refractivity contribution >= 4 is 10.8 Å². The van der Waals surface area contributed by atoms with Gasteiger partial charge in [-0.1, -0.05) is 37.7 Å². The van der Waals surface area contributed by atoms with E-state index in [9.17, 15) is 17.6 Å². The van der Waals surface area contributed by atoms with Gasteiger partial charge in [-0.2, -0.15) is 0 Å². The molecule has 0 fully saturated rings. The highest BCUT2D eigenvalue weighted by Gasteiger charge is 2.12. The van der Waals surface area contributed by atoms with Crippen LogP contribution in [0.2, 0.25) is 0 Å². The van der Waals surface area contributed by atoms with Gasteiger partial charge in [-0.25, -0.2) is 17.6 Å². The standard InChI is InChI=1S/C28H21F4NO/c1-2-3-4-11-34-22-8-10-28(33-17-22)21-15-24(29)23(25(30)16-21)9-6-18-5-7-19-13-26(31)27(32)14-20(19)12-18/h5,7-8,10,12-17H,2-4,11H2,1H3. The molecule has 0 spiro atoms. The Labute approximate surface area is 195 Å². The molecule has 2 nitrogen and oxygen atoms in total. The summed E-state index contributed by atoms with van der Waals surface area (Å²) in [4.78, 5) is 4.24. The van der Waals surface area contributed by atoms with E-state index >= 15 is 0 Å². The van der Waals surface area contributed by atoms with Gasteiger partial charge in [-0.3, -0.25) is 4.98 Å². The van der Waals surface area contributed by atoms with Gasteiger partial charge >= 0.3 is 0 Å². The molecule has 0 atom stereocenters. The molecule has 3 aromatic carbocycles. The van der Waals surface area contributed by atoms with Crippen molar-refractivity contribution in [2.24, 2.45) is 0 Å². The first-order valence-corrected chi connectivity index (χ1v) is 10.9. The van der Waals surface area contributed by atoms with Crippen molar-refractivity contribution in [3.05, 3.63) is 95.2 Å². The molecular formula is C28H21F4NO. The van der Waals surface area contributed by atoms with Gasteiger partial charge in [0.15, 0.2) is 11.6 Å². The first kappa shape index (κ1) is 23.3. The van der Waals surface area contributed by atoms with Crippen LogP contribution in [0.15, 0.2) is 60.8 Å². The van der Waals surface area contributed by atoms with Crippen molar-refractivity contribution < 1.29 is 22.3 Å². The predicted octanol–water partition coefficient (Wildman–Crippen LogP) is 7.43. The molecule has 0 aliphatic carbocycles. The van der Waals surface area contributed by atoms with Gasteiger partial charge in [-0.15, -0.1) is 0 Å². The zero-order valence-corrected chi connectivity index (χ0v) is 18.5. The van der Waals surface area contributed by atoms with Gasteiger partial charge in [0.25, 0.3) is 0 Å². The van der Waals surface area contributed by atoms with Crippen LogP contribution in [0.4, 0.5) is 17.6 Å². The van der Waals surface area contributed by atoms with Crippen LogP contribution in [0.5, 0.6) is 5.75 Å². The number of ether oxygens (including phenoxy) is 1. The maximum atomic E-state index is 14.7. The molecule has 0 radical (unpaired) electrons. The molecule has 1 aromatic heterocycles. The van der Waals surface area contributed by atoms with E-state index in [1.807, 2.05) is 0 Å². The van der Waals surface area contributed by atoms with Gasteiger partial charge < -0.3 is 4.74 Å². The molecule has 0 saturated heterocycles. The second-order valence-electron chi connectivity index (χ2n) is 7.83. The summed E-state index contributed by atoms with van der Waals surface area (Å²) in [6.45, 7) is 2.70. The number of hydrogen-bond acceptors (Lipinski definition) is 2. The molecule has 0 bridgehead atoms. The summed E-state index contributed by atoms with van der Waals surface area (Å²) < 4.78 is 61.8. The lowest BCUT2D eigenvalue weighted by Crippen LogP contribution is -1.98. The van der Waals surface area contributed by atoms with Crippen molar-refractivity contribution in [2.75, 3.05) is 6.61 Å². The Bertz CT molecular complexity index is 1360. The number of rotatable bonds is 6. The van der Waals surface area contributed by atoms with Crippen molar-refractivity contribution in [3.8, 4) is 28.8 Å². The monoisotopic (exact) mass is 463 g/mol. The highest BCUT2D eigenvalue weighted by atomic mass is 19.2. The third kappa shape index (κ3) is 5.37. The highest BCUT2D eigenvalue weighted by molar-refractivity contribution is 5.84. The smallest absolute Gasteiger partial charge is 0.159 e. The molecular weight excluding hydrogens is 442 g/mol. The zero-order chi connectivity index (χ0) is 24.1. The van der Waals surface area contributed by atoms with Crippen molar-refractivity contribution in [1.82, 2.24) is 4.98 Å². The number of aromatic nitrogens is 1. The lowest BCUT2D eigenvalue weighted by Gasteiger charge is -2.07. The molecule has 0 amide bonds. The number of hydrogen-bond donors (Lipinski definition) is 0. The molecule has 0 N–H and O–H groups in total. The van der Waals surface area contributed by atoms with E-state index in [-0.39, 0.29) is 11.1 Å². The SMILES string of the molecule is CCCCCOc1ccc(-c2cc(F)c(C#Cc3ccc4cc(F)c(F)cc4c3)c(F)c2)nc1. The lowest BCUT2D eigenvalue weighted by molar-refractivity contribution is 0.305. The summed E-state index contributed by atoms with van der Waals surface area (Å²) in [6.07, 6.45) is 4.66. The van der Waals surface area contributed by atoms with Crippen molar-refractivity contribution in [2.45, 2.75) is 26.2 Å².